The largest absolute Gasteiger partial charge is 2.00 e. The molecule has 0 radical (unpaired) electrons. The first-order valence-corrected chi connectivity index (χ1v) is 0. The predicted octanol–water partition coefficient (Wildman–Crippen LogP) is -11.4. The molecule has 0 unspecified atom stereocenters. The van der Waals surface area contributed by atoms with E-state index in [0.29, 0.717) is 0 Å². The molecule has 0 rings (SSSR count). The number of rotatable bonds is 0. The number of hydrogen-bond donors (Lipinski definition) is 0. The second kappa shape index (κ2) is 112. The van der Waals surface area contributed by atoms with Gasteiger partial charge in [0.1, 0.15) is 0 Å². The second-order valence-corrected chi connectivity index (χ2v) is 0. The average molecular weight is 1190 g/mol. The molecule has 0 heterocycles. The third-order valence-electron chi connectivity index (χ3n) is 0. The molecule has 0 amide bonds. The zero-order valence-electron chi connectivity index (χ0n) is 4.13. The molecule has 88 valence electrons. The van der Waals surface area contributed by atoms with Crippen LogP contribution in [0.1, 0.15) is 0 Å². The minimum atomic E-state index is 0. The van der Waals surface area contributed by atoms with Gasteiger partial charge in [0.25, 0.3) is 0 Å². The Morgan fingerprint density at radius 2 is 0.231 bits per heavy atom. The van der Waals surface area contributed by atoms with E-state index >= 15 is 0 Å². The Morgan fingerprint density at radius 3 is 0.231 bits per heavy atom. The Labute approximate surface area is 248 Å². The molecule has 0 aliphatic heterocycles. The molecule has 0 aliphatic carbocycles. The maximum Gasteiger partial charge on any atom is -2.00 e. The van der Waals surface area contributed by atoms with Gasteiger partial charge in [-0.15, -0.1) is 0 Å². The van der Waals surface area contributed by atoms with Crippen LogP contribution in [0.15, 0.2) is 0 Å². The molecule has 0 aromatic rings. The summed E-state index contributed by atoms with van der Waals surface area (Å²) in [7, 11) is 0. The van der Waals surface area contributed by atoms with E-state index in [2.05, 4.69) is 0 Å². The smallest absolute Gasteiger partial charge is 2.00 e. The van der Waals surface area contributed by atoms with Crippen LogP contribution in [0.4, 0.5) is 0 Å². The summed E-state index contributed by atoms with van der Waals surface area (Å²) in [5, 5.41) is 0. The van der Waals surface area contributed by atoms with Crippen LogP contribution in [0, 0.1) is 0 Å². The van der Waals surface area contributed by atoms with Crippen molar-refractivity contribution in [3.8, 4) is 0 Å². The van der Waals surface area contributed by atoms with Crippen LogP contribution < -0.4 is 0 Å². The fourth-order valence-electron chi connectivity index (χ4n) is 0. The van der Waals surface area contributed by atoms with Crippen LogP contribution in [-0.4, -0.2) is 254 Å². The van der Waals surface area contributed by atoms with E-state index < -0.39 is 0 Å². The Kier molecular flexibility index (Phi) is 1120. The van der Waals surface area contributed by atoms with Crippen LogP contribution in [0.2, 0.25) is 0 Å². The fraction of sp³-hybridized carbons (Fsp3) is 0. The van der Waals surface area contributed by atoms with Gasteiger partial charge in [-0.1, -0.05) is 0 Å². The van der Waals surface area contributed by atoms with Gasteiger partial charge in [0.2, 0.25) is 0 Å². The van der Waals surface area contributed by atoms with Gasteiger partial charge in [-0.05, 0) is 0 Å². The average Bonchev–Trinajstić information content (AvgIpc) is 0. The van der Waals surface area contributed by atoms with E-state index in [4.69, 9.17) is 0 Å². The molecule has 0 atom stereocenters. The molecule has 0 fully saturated rings. The van der Waals surface area contributed by atoms with Crippen LogP contribution in [-0.2, 0) is 0 Å². The minimum absolute atomic E-state index is 0. The molecule has 0 bridgehead atoms. The fourth-order valence-corrected chi connectivity index (χ4v) is 0. The maximum atomic E-state index is 0. The van der Waals surface area contributed by atoms with Crippen LogP contribution >= 0.6 is 0 Å². The Morgan fingerprint density at radius 1 is 0.231 bits per heavy atom. The summed E-state index contributed by atoms with van der Waals surface area (Å²) < 4.78 is 0. The first-order chi connectivity index (χ1) is 0. The Balaban J connectivity index is 0. The van der Waals surface area contributed by atoms with E-state index in [1.165, 1.54) is 0 Å². The van der Waals surface area contributed by atoms with Gasteiger partial charge in [0.15, 0.2) is 0 Å². The predicted molar refractivity (Wildman–Crippen MR) is 108 cm³/mol. The van der Waals surface area contributed by atoms with Crippen molar-refractivity contribution in [2.24, 2.45) is 0 Å². The van der Waals surface area contributed by atoms with Gasteiger partial charge in [-0.3, -0.25) is 0 Å². The molecule has 0 aliphatic rings. The van der Waals surface area contributed by atoms with Gasteiger partial charge in [0, 0.05) is 0 Å². The standard InChI is InChI=1S/5Ge.4Sb.4Se.24H/q5*+4;4*-3;4*-2;;;;;;;;;;;;;;;;;;;;;;;;. The van der Waals surface area contributed by atoms with Crippen molar-refractivity contribution in [1.82, 2.24) is 0 Å². The van der Waals surface area contributed by atoms with Crippen molar-refractivity contribution >= 4 is 254 Å². The summed E-state index contributed by atoms with van der Waals surface area (Å²) in [5.74, 6) is 0. The minimum Gasteiger partial charge on any atom is -2.00 e. The molecule has 0 aromatic heterocycles. The third-order valence-corrected chi connectivity index (χ3v) is 0. The van der Waals surface area contributed by atoms with Crippen molar-refractivity contribution in [3.05, 3.63) is 0 Å². The van der Waals surface area contributed by atoms with E-state index in [0.717, 1.165) is 0 Å². The first-order valence-electron chi connectivity index (χ1n) is 0. The van der Waals surface area contributed by atoms with Crippen molar-refractivity contribution in [1.29, 1.82) is 0 Å². The quantitative estimate of drug-likeness (QED) is 0.212. The molecular weight excluding hydrogens is 1170 g/mol. The van der Waals surface area contributed by atoms with Crippen LogP contribution in [0.3, 0.4) is 0 Å². The van der Waals surface area contributed by atoms with Crippen LogP contribution in [0.25, 0.3) is 0 Å². The SMILES string of the molecule is [Ge+4].[Ge+4].[Ge+4].[Ge+4].[Ge+4].[SbH6-3].[SbH6-3].[SbH6-3].[SbH6-3].[Se-2].[Se-2].[Se-2].[Se-2]. The van der Waals surface area contributed by atoms with Gasteiger partial charge < -0.3 is 68.3 Å². The van der Waals surface area contributed by atoms with Gasteiger partial charge in [0.05, 0.1) is 0 Å². The van der Waals surface area contributed by atoms with Crippen molar-refractivity contribution in [2.75, 3.05) is 0 Å². The monoisotopic (exact) mass is 1200 g/mol. The van der Waals surface area contributed by atoms with Gasteiger partial charge in [-0.2, -0.15) is 0 Å². The van der Waals surface area contributed by atoms with Crippen molar-refractivity contribution in [2.45, 2.75) is 0 Å². The molecule has 0 N–H and O–H groups in total. The summed E-state index contributed by atoms with van der Waals surface area (Å²) in [4.78, 5) is 0. The Bertz CT molecular complexity index is 20.5. The zero-order valence-corrected chi connectivity index (χ0v) is 21.5. The molecule has 0 aromatic carbocycles. The molecule has 0 saturated heterocycles. The summed E-state index contributed by atoms with van der Waals surface area (Å²) in [6, 6.07) is 0. The van der Waals surface area contributed by atoms with Crippen LogP contribution in [0.5, 0.6) is 0 Å². The summed E-state index contributed by atoms with van der Waals surface area (Å²) >= 11 is 0. The summed E-state index contributed by atoms with van der Waals surface area (Å²) in [6.07, 6.45) is 0. The maximum absolute atomic E-state index is 0. The molecule has 0 nitrogen and oxygen atoms in total. The molecule has 0 spiro atoms. The first kappa shape index (κ1) is 130. The Hall–Kier alpha value is 8.06. The molecular formula is H24Ge5Sb4Se4. The van der Waals surface area contributed by atoms with E-state index in [1.54, 1.807) is 0 Å². The summed E-state index contributed by atoms with van der Waals surface area (Å²) in [6.45, 7) is 0. The third kappa shape index (κ3) is 101. The molecule has 13 heavy (non-hydrogen) atoms. The molecule has 0 saturated carbocycles. The summed E-state index contributed by atoms with van der Waals surface area (Å²) in [5.41, 5.74) is 0. The zero-order chi connectivity index (χ0) is 0. The van der Waals surface area contributed by atoms with Gasteiger partial charge in [-0.25, -0.2) is 0 Å². The van der Waals surface area contributed by atoms with Crippen molar-refractivity contribution < 1.29 is 0 Å². The van der Waals surface area contributed by atoms with E-state index in [9.17, 15) is 0 Å². The molecule has 13 heteroatoms. The second-order valence-electron chi connectivity index (χ2n) is 0. The number of hydrogen-bond acceptors (Lipinski definition) is 0. The van der Waals surface area contributed by atoms with E-state index in [1.807, 2.05) is 0 Å². The van der Waals surface area contributed by atoms with Crippen molar-refractivity contribution in [3.63, 3.8) is 0 Å². The normalized spacial score (nSPS) is 0. The van der Waals surface area contributed by atoms with E-state index in [-0.39, 0.29) is 254 Å². The van der Waals surface area contributed by atoms with Gasteiger partial charge >= 0.3 is 186 Å². The topological polar surface area (TPSA) is 0 Å².